The number of benzene rings is 3. The van der Waals surface area contributed by atoms with Crippen LogP contribution < -0.4 is 9.86 Å². The van der Waals surface area contributed by atoms with Crippen molar-refractivity contribution in [3.63, 3.8) is 0 Å². The van der Waals surface area contributed by atoms with Crippen LogP contribution in [0.5, 0.6) is 0 Å². The number of rotatable bonds is 6. The number of primary sulfonamides is 1. The van der Waals surface area contributed by atoms with Crippen molar-refractivity contribution < 1.29 is 16.8 Å². The second-order valence-corrected chi connectivity index (χ2v) is 9.17. The summed E-state index contributed by atoms with van der Waals surface area (Å²) in [6.45, 7) is 0.198. The van der Waals surface area contributed by atoms with Crippen LogP contribution in [0.1, 0.15) is 5.56 Å². The first-order chi connectivity index (χ1) is 12.3. The van der Waals surface area contributed by atoms with Crippen LogP contribution in [0.25, 0.3) is 10.8 Å². The molecule has 0 heterocycles. The Kier molecular flexibility index (Phi) is 5.10. The molecule has 0 aliphatic heterocycles. The topological polar surface area (TPSA) is 106 Å². The average molecular weight is 390 g/mol. The van der Waals surface area contributed by atoms with Crippen LogP contribution in [0.3, 0.4) is 0 Å². The summed E-state index contributed by atoms with van der Waals surface area (Å²) in [6, 6.07) is 18.6. The molecule has 3 rings (SSSR count). The fraction of sp³-hybridized carbons (Fsp3) is 0.111. The molecule has 0 spiro atoms. The fourth-order valence-electron chi connectivity index (χ4n) is 2.59. The van der Waals surface area contributed by atoms with Crippen LogP contribution in [0.15, 0.2) is 76.5 Å². The minimum absolute atomic E-state index is 0.0259. The van der Waals surface area contributed by atoms with E-state index in [-0.39, 0.29) is 16.3 Å². The Bertz CT molecular complexity index is 1140. The fourth-order valence-corrected chi connectivity index (χ4v) is 4.18. The summed E-state index contributed by atoms with van der Waals surface area (Å²) in [7, 11) is -7.35. The van der Waals surface area contributed by atoms with Crippen molar-refractivity contribution in [2.45, 2.75) is 16.2 Å². The van der Waals surface area contributed by atoms with E-state index in [4.69, 9.17) is 5.14 Å². The first-order valence-corrected chi connectivity index (χ1v) is 10.9. The molecule has 3 N–H and O–H groups in total. The Morgan fingerprint density at radius 1 is 0.769 bits per heavy atom. The van der Waals surface area contributed by atoms with Gasteiger partial charge in [0, 0.05) is 6.54 Å². The molecule has 0 unspecified atom stereocenters. The average Bonchev–Trinajstić information content (AvgIpc) is 2.61. The lowest BCUT2D eigenvalue weighted by atomic mass is 10.1. The Morgan fingerprint density at radius 2 is 1.38 bits per heavy atom. The number of nitrogens with one attached hydrogen (secondary N) is 1. The zero-order valence-electron chi connectivity index (χ0n) is 13.8. The molecule has 26 heavy (non-hydrogen) atoms. The molecule has 0 amide bonds. The number of sulfonamides is 2. The van der Waals surface area contributed by atoms with Gasteiger partial charge in [-0.2, -0.15) is 0 Å². The summed E-state index contributed by atoms with van der Waals surface area (Å²) in [6.07, 6.45) is 0.428. The van der Waals surface area contributed by atoms with E-state index in [9.17, 15) is 16.8 Å². The second-order valence-electron chi connectivity index (χ2n) is 5.85. The summed E-state index contributed by atoms with van der Waals surface area (Å²) >= 11 is 0. The standard InChI is InChI=1S/C18H18N2O4S2/c19-25(21,22)17-8-5-14(6-9-17)11-12-20-26(23,24)18-10-7-15-3-1-2-4-16(15)13-18/h1-10,13,20H,11-12H2,(H2,19,21,22). The Balaban J connectivity index is 1.68. The molecule has 0 fully saturated rings. The molecule has 0 radical (unpaired) electrons. The van der Waals surface area contributed by atoms with E-state index in [1.54, 1.807) is 30.3 Å². The first kappa shape index (κ1) is 18.5. The molecule has 0 bridgehead atoms. The third kappa shape index (κ3) is 4.28. The molecule has 0 saturated heterocycles. The predicted molar refractivity (Wildman–Crippen MR) is 101 cm³/mol. The lowest BCUT2D eigenvalue weighted by Gasteiger charge is -2.08. The van der Waals surface area contributed by atoms with E-state index >= 15 is 0 Å². The van der Waals surface area contributed by atoms with Crippen LogP contribution >= 0.6 is 0 Å². The lowest BCUT2D eigenvalue weighted by molar-refractivity contribution is 0.581. The third-order valence-electron chi connectivity index (χ3n) is 3.99. The summed E-state index contributed by atoms with van der Waals surface area (Å²) in [5, 5.41) is 6.88. The molecule has 136 valence electrons. The summed E-state index contributed by atoms with van der Waals surface area (Å²) in [5.74, 6) is 0. The van der Waals surface area contributed by atoms with Gasteiger partial charge in [-0.15, -0.1) is 0 Å². The molecule has 0 aliphatic rings. The number of fused-ring (bicyclic) bond motifs is 1. The Labute approximate surface area is 152 Å². The largest absolute Gasteiger partial charge is 0.240 e. The second kappa shape index (κ2) is 7.16. The zero-order valence-corrected chi connectivity index (χ0v) is 15.4. The molecular formula is C18H18N2O4S2. The van der Waals surface area contributed by atoms with Gasteiger partial charge in [-0.25, -0.2) is 26.7 Å². The maximum atomic E-state index is 12.4. The SMILES string of the molecule is NS(=O)(=O)c1ccc(CCNS(=O)(=O)c2ccc3ccccc3c2)cc1. The van der Waals surface area contributed by atoms with E-state index in [0.717, 1.165) is 16.3 Å². The molecule has 0 saturated carbocycles. The van der Waals surface area contributed by atoms with E-state index in [2.05, 4.69) is 4.72 Å². The van der Waals surface area contributed by atoms with Crippen molar-refractivity contribution in [2.24, 2.45) is 5.14 Å². The molecule has 6 nitrogen and oxygen atoms in total. The molecule has 0 atom stereocenters. The molecule has 0 aromatic heterocycles. The number of hydrogen-bond acceptors (Lipinski definition) is 4. The van der Waals surface area contributed by atoms with Gasteiger partial charge < -0.3 is 0 Å². The van der Waals surface area contributed by atoms with Gasteiger partial charge in [-0.3, -0.25) is 0 Å². The molecular weight excluding hydrogens is 372 g/mol. The Morgan fingerprint density at radius 3 is 2.04 bits per heavy atom. The number of nitrogens with two attached hydrogens (primary N) is 1. The highest BCUT2D eigenvalue weighted by Gasteiger charge is 2.14. The molecule has 0 aliphatic carbocycles. The maximum absolute atomic E-state index is 12.4. The van der Waals surface area contributed by atoms with E-state index in [1.165, 1.54) is 12.1 Å². The summed E-state index contributed by atoms with van der Waals surface area (Å²) < 4.78 is 49.9. The smallest absolute Gasteiger partial charge is 0.225 e. The van der Waals surface area contributed by atoms with Crippen LogP contribution in [-0.2, 0) is 26.5 Å². The molecule has 3 aromatic rings. The lowest BCUT2D eigenvalue weighted by Crippen LogP contribution is -2.26. The van der Waals surface area contributed by atoms with Crippen molar-refractivity contribution in [3.05, 3.63) is 72.3 Å². The Hall–Kier alpha value is -2.26. The highest BCUT2D eigenvalue weighted by atomic mass is 32.2. The minimum atomic E-state index is -3.73. The van der Waals surface area contributed by atoms with Crippen LogP contribution in [0.2, 0.25) is 0 Å². The van der Waals surface area contributed by atoms with Crippen LogP contribution in [-0.4, -0.2) is 23.4 Å². The summed E-state index contributed by atoms with van der Waals surface area (Å²) in [5.41, 5.74) is 0.804. The van der Waals surface area contributed by atoms with Gasteiger partial charge >= 0.3 is 0 Å². The van der Waals surface area contributed by atoms with Gasteiger partial charge in [0.15, 0.2) is 0 Å². The highest BCUT2D eigenvalue weighted by Crippen LogP contribution is 2.18. The predicted octanol–water partition coefficient (Wildman–Crippen LogP) is 2.01. The van der Waals surface area contributed by atoms with E-state index in [1.807, 2.05) is 24.3 Å². The van der Waals surface area contributed by atoms with E-state index in [0.29, 0.717) is 6.42 Å². The third-order valence-corrected chi connectivity index (χ3v) is 6.38. The molecule has 8 heteroatoms. The van der Waals surface area contributed by atoms with Gasteiger partial charge in [-0.1, -0.05) is 42.5 Å². The first-order valence-electron chi connectivity index (χ1n) is 7.86. The van der Waals surface area contributed by atoms with Crippen molar-refractivity contribution in [3.8, 4) is 0 Å². The normalized spacial score (nSPS) is 12.3. The molecule has 3 aromatic carbocycles. The minimum Gasteiger partial charge on any atom is -0.225 e. The number of hydrogen-bond donors (Lipinski definition) is 2. The van der Waals surface area contributed by atoms with Gasteiger partial charge in [0.2, 0.25) is 20.0 Å². The van der Waals surface area contributed by atoms with E-state index < -0.39 is 20.0 Å². The quantitative estimate of drug-likeness (QED) is 0.671. The van der Waals surface area contributed by atoms with Crippen LogP contribution in [0, 0.1) is 0 Å². The van der Waals surface area contributed by atoms with Crippen LogP contribution in [0.4, 0.5) is 0 Å². The monoisotopic (exact) mass is 390 g/mol. The van der Waals surface area contributed by atoms with Gasteiger partial charge in [0.05, 0.1) is 9.79 Å². The van der Waals surface area contributed by atoms with Crippen molar-refractivity contribution >= 4 is 30.8 Å². The van der Waals surface area contributed by atoms with Gasteiger partial charge in [0.25, 0.3) is 0 Å². The van der Waals surface area contributed by atoms with Crippen molar-refractivity contribution in [2.75, 3.05) is 6.54 Å². The van der Waals surface area contributed by atoms with Crippen molar-refractivity contribution in [1.29, 1.82) is 0 Å². The summed E-state index contributed by atoms with van der Waals surface area (Å²) in [4.78, 5) is 0.235. The van der Waals surface area contributed by atoms with Gasteiger partial charge in [-0.05, 0) is 47.0 Å². The zero-order chi connectivity index (χ0) is 18.8. The highest BCUT2D eigenvalue weighted by molar-refractivity contribution is 7.89. The maximum Gasteiger partial charge on any atom is 0.240 e. The van der Waals surface area contributed by atoms with Gasteiger partial charge in [0.1, 0.15) is 0 Å². The van der Waals surface area contributed by atoms with Crippen molar-refractivity contribution in [1.82, 2.24) is 4.72 Å².